The van der Waals surface area contributed by atoms with Gasteiger partial charge in [-0.25, -0.2) is 0 Å². The molecule has 2 saturated heterocycles. The van der Waals surface area contributed by atoms with Crippen LogP contribution in [0.4, 0.5) is 0 Å². The van der Waals surface area contributed by atoms with E-state index >= 15 is 0 Å². The molecule has 0 saturated carbocycles. The zero-order valence-electron chi connectivity index (χ0n) is 9.49. The van der Waals surface area contributed by atoms with Gasteiger partial charge in [0.25, 0.3) is 0 Å². The van der Waals surface area contributed by atoms with E-state index in [4.69, 9.17) is 4.74 Å². The summed E-state index contributed by atoms with van der Waals surface area (Å²) in [6.45, 7) is 3.41. The number of carbonyl (C=O) groups excluding carboxylic acids is 1. The number of benzene rings is 1. The third-order valence-corrected chi connectivity index (χ3v) is 4.02. The molecule has 0 N–H and O–H groups in total. The fraction of sp³-hybridized carbons (Fsp3) is 0.462. The molecule has 0 radical (unpaired) electrons. The first-order valence-corrected chi connectivity index (χ1v) is 6.56. The monoisotopic (exact) mass is 295 g/mol. The molecular formula is C13H14BrNO2. The molecule has 3 nitrogen and oxygen atoms in total. The van der Waals surface area contributed by atoms with Crippen molar-refractivity contribution in [2.75, 3.05) is 26.3 Å². The molecule has 90 valence electrons. The number of rotatable bonds is 2. The third-order valence-electron chi connectivity index (χ3n) is 3.49. The summed E-state index contributed by atoms with van der Waals surface area (Å²) in [5, 5.41) is 0. The first-order valence-electron chi connectivity index (χ1n) is 5.77. The van der Waals surface area contributed by atoms with Crippen LogP contribution in [0.25, 0.3) is 0 Å². The maximum Gasteiger partial charge on any atom is 0.227 e. The molecule has 1 aromatic carbocycles. The van der Waals surface area contributed by atoms with Gasteiger partial charge >= 0.3 is 0 Å². The van der Waals surface area contributed by atoms with Gasteiger partial charge in [0, 0.05) is 17.6 Å². The molecule has 1 aromatic rings. The molecular weight excluding hydrogens is 282 g/mol. The molecule has 2 fully saturated rings. The number of amides is 1. The van der Waals surface area contributed by atoms with Gasteiger partial charge in [-0.1, -0.05) is 28.1 Å². The van der Waals surface area contributed by atoms with Gasteiger partial charge in [-0.3, -0.25) is 4.79 Å². The lowest BCUT2D eigenvalue weighted by atomic mass is 9.78. The molecule has 17 heavy (non-hydrogen) atoms. The first-order chi connectivity index (χ1) is 8.17. The number of carbonyl (C=O) groups is 1. The summed E-state index contributed by atoms with van der Waals surface area (Å²) < 4.78 is 6.24. The fourth-order valence-electron chi connectivity index (χ4n) is 2.40. The second kappa shape index (κ2) is 4.10. The van der Waals surface area contributed by atoms with Crippen LogP contribution < -0.4 is 0 Å². The van der Waals surface area contributed by atoms with Gasteiger partial charge < -0.3 is 9.64 Å². The summed E-state index contributed by atoms with van der Waals surface area (Å²) in [6, 6.07) is 7.92. The SMILES string of the molecule is O=C(Cc1ccc(Br)cc1)N1CC2(COC2)C1. The molecule has 2 aliphatic rings. The largest absolute Gasteiger partial charge is 0.380 e. The number of hydrogen-bond acceptors (Lipinski definition) is 2. The summed E-state index contributed by atoms with van der Waals surface area (Å²) in [6.07, 6.45) is 0.504. The molecule has 1 spiro atoms. The van der Waals surface area contributed by atoms with Crippen LogP contribution in [0.5, 0.6) is 0 Å². The third kappa shape index (κ3) is 2.11. The maximum atomic E-state index is 12.0. The highest BCUT2D eigenvalue weighted by atomic mass is 79.9. The topological polar surface area (TPSA) is 29.5 Å². The molecule has 1 amide bonds. The van der Waals surface area contributed by atoms with E-state index in [1.807, 2.05) is 29.2 Å². The molecule has 0 unspecified atom stereocenters. The van der Waals surface area contributed by atoms with E-state index in [2.05, 4.69) is 15.9 Å². The number of halogens is 1. The van der Waals surface area contributed by atoms with Crippen LogP contribution in [0.3, 0.4) is 0 Å². The average Bonchev–Trinajstić information content (AvgIpc) is 2.17. The molecule has 2 heterocycles. The Morgan fingerprint density at radius 1 is 1.29 bits per heavy atom. The summed E-state index contributed by atoms with van der Waals surface area (Å²) in [4.78, 5) is 13.9. The Hall–Kier alpha value is -0.870. The second-order valence-corrected chi connectivity index (χ2v) is 5.96. The number of likely N-dealkylation sites (tertiary alicyclic amines) is 1. The van der Waals surface area contributed by atoms with E-state index in [1.54, 1.807) is 0 Å². The minimum atomic E-state index is 0.227. The molecule has 0 atom stereocenters. The molecule has 0 aliphatic carbocycles. The van der Waals surface area contributed by atoms with Gasteiger partial charge in [0.15, 0.2) is 0 Å². The predicted octanol–water partition coefficient (Wildman–Crippen LogP) is 1.85. The second-order valence-electron chi connectivity index (χ2n) is 5.05. The molecule has 0 aromatic heterocycles. The summed E-state index contributed by atoms with van der Waals surface area (Å²) in [5.41, 5.74) is 1.39. The number of nitrogens with zero attached hydrogens (tertiary/aromatic N) is 1. The van der Waals surface area contributed by atoms with E-state index < -0.39 is 0 Å². The fourth-order valence-corrected chi connectivity index (χ4v) is 2.67. The highest BCUT2D eigenvalue weighted by Crippen LogP contribution is 2.37. The minimum Gasteiger partial charge on any atom is -0.380 e. The lowest BCUT2D eigenvalue weighted by Crippen LogP contribution is -2.67. The number of ether oxygens (including phenoxy) is 1. The molecule has 0 bridgehead atoms. The van der Waals surface area contributed by atoms with Gasteiger partial charge in [0.2, 0.25) is 5.91 Å². The number of hydrogen-bond donors (Lipinski definition) is 0. The quantitative estimate of drug-likeness (QED) is 0.833. The lowest BCUT2D eigenvalue weighted by molar-refractivity contribution is -0.194. The lowest BCUT2D eigenvalue weighted by Gasteiger charge is -2.55. The standard InChI is InChI=1S/C13H14BrNO2/c14-11-3-1-10(2-4-11)5-12(16)15-6-13(7-15)8-17-9-13/h1-4H,5-9H2. The Balaban J connectivity index is 1.55. The van der Waals surface area contributed by atoms with Crippen LogP contribution in [0.2, 0.25) is 0 Å². The van der Waals surface area contributed by atoms with Crippen molar-refractivity contribution in [1.29, 1.82) is 0 Å². The van der Waals surface area contributed by atoms with Crippen LogP contribution in [0.1, 0.15) is 5.56 Å². The van der Waals surface area contributed by atoms with Crippen molar-refractivity contribution in [3.8, 4) is 0 Å². The zero-order valence-corrected chi connectivity index (χ0v) is 11.1. The van der Waals surface area contributed by atoms with Crippen LogP contribution >= 0.6 is 15.9 Å². The Morgan fingerprint density at radius 2 is 1.94 bits per heavy atom. The maximum absolute atomic E-state index is 12.0. The highest BCUT2D eigenvalue weighted by molar-refractivity contribution is 9.10. The van der Waals surface area contributed by atoms with Crippen molar-refractivity contribution in [3.63, 3.8) is 0 Å². The van der Waals surface area contributed by atoms with E-state index in [0.29, 0.717) is 11.8 Å². The Bertz CT molecular complexity index is 431. The van der Waals surface area contributed by atoms with Gasteiger partial charge in [-0.15, -0.1) is 0 Å². The Kier molecular flexibility index (Phi) is 2.71. The minimum absolute atomic E-state index is 0.227. The smallest absolute Gasteiger partial charge is 0.227 e. The van der Waals surface area contributed by atoms with E-state index in [0.717, 1.165) is 36.3 Å². The van der Waals surface area contributed by atoms with Crippen molar-refractivity contribution in [3.05, 3.63) is 34.3 Å². The van der Waals surface area contributed by atoms with Crippen molar-refractivity contribution >= 4 is 21.8 Å². The van der Waals surface area contributed by atoms with Crippen LogP contribution in [-0.4, -0.2) is 37.1 Å². The van der Waals surface area contributed by atoms with Crippen LogP contribution in [-0.2, 0) is 16.0 Å². The summed E-state index contributed by atoms with van der Waals surface area (Å²) >= 11 is 3.39. The average molecular weight is 296 g/mol. The first kappa shape index (κ1) is 11.2. The van der Waals surface area contributed by atoms with E-state index in [1.165, 1.54) is 0 Å². The Labute approximate surface area is 109 Å². The van der Waals surface area contributed by atoms with Gasteiger partial charge in [-0.2, -0.15) is 0 Å². The predicted molar refractivity (Wildman–Crippen MR) is 67.7 cm³/mol. The zero-order chi connectivity index (χ0) is 11.9. The van der Waals surface area contributed by atoms with Gasteiger partial charge in [-0.05, 0) is 17.7 Å². The Morgan fingerprint density at radius 3 is 2.47 bits per heavy atom. The normalized spacial score (nSPS) is 20.9. The van der Waals surface area contributed by atoms with Crippen molar-refractivity contribution in [2.24, 2.45) is 5.41 Å². The molecule has 4 heteroatoms. The van der Waals surface area contributed by atoms with E-state index in [9.17, 15) is 4.79 Å². The molecule has 2 aliphatic heterocycles. The van der Waals surface area contributed by atoms with E-state index in [-0.39, 0.29) is 5.91 Å². The molecule has 3 rings (SSSR count). The van der Waals surface area contributed by atoms with Crippen molar-refractivity contribution < 1.29 is 9.53 Å². The summed E-state index contributed by atoms with van der Waals surface area (Å²) in [7, 11) is 0. The van der Waals surface area contributed by atoms with Crippen LogP contribution in [0.15, 0.2) is 28.7 Å². The summed E-state index contributed by atoms with van der Waals surface area (Å²) in [5.74, 6) is 0.227. The van der Waals surface area contributed by atoms with Crippen LogP contribution in [0, 0.1) is 5.41 Å². The van der Waals surface area contributed by atoms with Gasteiger partial charge in [0.1, 0.15) is 0 Å². The van der Waals surface area contributed by atoms with Crippen molar-refractivity contribution in [2.45, 2.75) is 6.42 Å². The highest BCUT2D eigenvalue weighted by Gasteiger charge is 2.50. The van der Waals surface area contributed by atoms with Gasteiger partial charge in [0.05, 0.1) is 25.0 Å². The van der Waals surface area contributed by atoms with Crippen molar-refractivity contribution in [1.82, 2.24) is 4.90 Å².